The van der Waals surface area contributed by atoms with E-state index < -0.39 is 65.5 Å². The molecule has 18 heteroatoms. The monoisotopic (exact) mass is 606 g/mol. The van der Waals surface area contributed by atoms with Crippen LogP contribution < -0.4 is 0 Å². The quantitative estimate of drug-likeness (QED) is 0.178. The average molecular weight is 607 g/mol. The second-order valence-corrected chi connectivity index (χ2v) is 25.1. The van der Waals surface area contributed by atoms with Gasteiger partial charge in [-0.3, -0.25) is 0 Å². The minimum atomic E-state index is -6.72. The highest BCUT2D eigenvalue weighted by Crippen LogP contribution is 2.47. The van der Waals surface area contributed by atoms with E-state index in [1.807, 2.05) is 0 Å². The van der Waals surface area contributed by atoms with Gasteiger partial charge in [0.2, 0.25) is 0 Å². The van der Waals surface area contributed by atoms with Crippen molar-refractivity contribution >= 4 is 34.5 Å². The van der Waals surface area contributed by atoms with Crippen molar-refractivity contribution < 1.29 is 61.0 Å². The molecule has 0 aromatic heterocycles. The number of rotatable bonds is 11. The van der Waals surface area contributed by atoms with Gasteiger partial charge < -0.3 is 17.1 Å². The Bertz CT molecular complexity index is 640. The van der Waals surface area contributed by atoms with Crippen LogP contribution in [0.5, 0.6) is 0 Å². The molecule has 2 unspecified atom stereocenters. The molecule has 0 fully saturated rings. The fraction of sp³-hybridized carbons (Fsp3) is 1.00. The maximum atomic E-state index is 12.0. The Kier molecular flexibility index (Phi) is 13.5. The highest BCUT2D eigenvalue weighted by molar-refractivity contribution is 6.87. The standard InChI is InChI=1S/C12H34O3Si4.C5H2F10O/c1-11-19(10,14-17(5,6)7)15-18(8,9)13-16(4)12(2)3;6-2(7,8)1-16-5(14,15)3(9,10)4(11,12)13/h12,16H,11H2,1-10H3;1H2. The van der Waals surface area contributed by atoms with Crippen molar-refractivity contribution in [3.05, 3.63) is 0 Å². The largest absolute Gasteiger partial charge is 0.462 e. The first-order valence-corrected chi connectivity index (χ1v) is 21.7. The molecule has 0 saturated heterocycles. The van der Waals surface area contributed by atoms with Crippen LogP contribution in [0.25, 0.3) is 0 Å². The van der Waals surface area contributed by atoms with E-state index in [2.05, 4.69) is 71.3 Å². The van der Waals surface area contributed by atoms with E-state index in [1.54, 1.807) is 0 Å². The van der Waals surface area contributed by atoms with Crippen LogP contribution in [-0.4, -0.2) is 65.5 Å². The first-order chi connectivity index (χ1) is 15.0. The molecule has 0 aromatic rings. The molecule has 0 amide bonds. The summed E-state index contributed by atoms with van der Waals surface area (Å²) < 4.78 is 137. The molecule has 0 radical (unpaired) electrons. The van der Waals surface area contributed by atoms with Crippen molar-refractivity contribution in [2.24, 2.45) is 0 Å². The van der Waals surface area contributed by atoms with Crippen molar-refractivity contribution in [3.8, 4) is 0 Å². The van der Waals surface area contributed by atoms with E-state index in [9.17, 15) is 43.9 Å². The number of hydrogen-bond acceptors (Lipinski definition) is 4. The van der Waals surface area contributed by atoms with Gasteiger partial charge in [0.1, 0.15) is 6.61 Å². The second kappa shape index (κ2) is 12.7. The fourth-order valence-electron chi connectivity index (χ4n) is 2.37. The van der Waals surface area contributed by atoms with E-state index in [0.717, 1.165) is 6.04 Å². The summed E-state index contributed by atoms with van der Waals surface area (Å²) in [5.74, 6) is -6.70. The Morgan fingerprint density at radius 1 is 0.771 bits per heavy atom. The number of ether oxygens (including phenoxy) is 1. The zero-order valence-electron chi connectivity index (χ0n) is 21.5. The molecule has 0 aliphatic heterocycles. The predicted octanol–water partition coefficient (Wildman–Crippen LogP) is 7.78. The minimum Gasteiger partial charge on any atom is -0.439 e. The summed E-state index contributed by atoms with van der Waals surface area (Å²) >= 11 is 0. The van der Waals surface area contributed by atoms with Gasteiger partial charge in [0.15, 0.2) is 17.4 Å². The Morgan fingerprint density at radius 3 is 1.49 bits per heavy atom. The summed E-state index contributed by atoms with van der Waals surface area (Å²) in [5, 5.41) is 0. The third kappa shape index (κ3) is 14.5. The van der Waals surface area contributed by atoms with Gasteiger partial charge in [-0.15, -0.1) is 0 Å². The van der Waals surface area contributed by atoms with Gasteiger partial charge in [-0.1, -0.05) is 20.8 Å². The molecule has 0 heterocycles. The molecule has 214 valence electrons. The first kappa shape index (κ1) is 37.2. The van der Waals surface area contributed by atoms with Crippen molar-refractivity contribution in [2.75, 3.05) is 6.61 Å². The van der Waals surface area contributed by atoms with E-state index in [-0.39, 0.29) is 0 Å². The summed E-state index contributed by atoms with van der Waals surface area (Å²) in [5.41, 5.74) is 0.655. The zero-order chi connectivity index (χ0) is 28.9. The topological polar surface area (TPSA) is 36.9 Å². The Hall–Kier alpha value is 0.00753. The van der Waals surface area contributed by atoms with Crippen LogP contribution in [0.15, 0.2) is 0 Å². The molecule has 0 aromatic carbocycles. The molecular weight excluding hydrogens is 571 g/mol. The number of halogens is 10. The van der Waals surface area contributed by atoms with Crippen molar-refractivity contribution in [2.45, 2.75) is 103 Å². The third-order valence-electron chi connectivity index (χ3n) is 4.17. The zero-order valence-corrected chi connectivity index (χ0v) is 25.6. The maximum Gasteiger partial charge on any atom is 0.462 e. The summed E-state index contributed by atoms with van der Waals surface area (Å²) in [6, 6.07) is 0.995. The van der Waals surface area contributed by atoms with Crippen LogP contribution in [0.2, 0.25) is 57.4 Å². The minimum absolute atomic E-state index is 0.655. The summed E-state index contributed by atoms with van der Waals surface area (Å²) in [6.45, 7) is 19.3. The third-order valence-corrected chi connectivity index (χ3v) is 19.0. The average Bonchev–Trinajstić information content (AvgIpc) is 2.56. The first-order valence-electron chi connectivity index (χ1n) is 10.6. The fourth-order valence-corrected chi connectivity index (χ4v) is 18.7. The molecule has 0 aliphatic carbocycles. The van der Waals surface area contributed by atoms with Crippen LogP contribution in [-0.2, 0) is 17.1 Å². The van der Waals surface area contributed by atoms with E-state index in [4.69, 9.17) is 12.3 Å². The van der Waals surface area contributed by atoms with Crippen molar-refractivity contribution in [1.29, 1.82) is 0 Å². The van der Waals surface area contributed by atoms with Gasteiger partial charge in [-0.2, -0.15) is 43.9 Å². The lowest BCUT2D eigenvalue weighted by atomic mass is 10.3. The lowest BCUT2D eigenvalue weighted by Crippen LogP contribution is -2.55. The smallest absolute Gasteiger partial charge is 0.439 e. The molecule has 0 spiro atoms. The van der Waals surface area contributed by atoms with Crippen LogP contribution in [0.4, 0.5) is 43.9 Å². The second-order valence-electron chi connectivity index (χ2n) is 9.76. The molecule has 35 heavy (non-hydrogen) atoms. The van der Waals surface area contributed by atoms with E-state index >= 15 is 0 Å². The normalized spacial score (nSPS) is 17.1. The highest BCUT2D eigenvalue weighted by Gasteiger charge is 2.74. The summed E-state index contributed by atoms with van der Waals surface area (Å²) in [7, 11) is -6.84. The van der Waals surface area contributed by atoms with Gasteiger partial charge >= 0.3 is 41.5 Å². The van der Waals surface area contributed by atoms with Crippen LogP contribution >= 0.6 is 0 Å². The summed E-state index contributed by atoms with van der Waals surface area (Å²) in [4.78, 5) is 0. The Labute approximate surface area is 205 Å². The number of hydrogen-bond donors (Lipinski definition) is 0. The van der Waals surface area contributed by atoms with Gasteiger partial charge in [0, 0.05) is 0 Å². The van der Waals surface area contributed by atoms with Gasteiger partial charge in [0.05, 0.1) is 0 Å². The molecule has 0 bridgehead atoms. The Balaban J connectivity index is 0. The molecular formula is C17H36F10O4Si4. The number of alkyl halides is 10. The van der Waals surface area contributed by atoms with Crippen LogP contribution in [0, 0.1) is 0 Å². The Morgan fingerprint density at radius 2 is 1.20 bits per heavy atom. The lowest BCUT2D eigenvalue weighted by Gasteiger charge is -2.40. The van der Waals surface area contributed by atoms with Gasteiger partial charge in [0.25, 0.3) is 0 Å². The lowest BCUT2D eigenvalue weighted by molar-refractivity contribution is -0.432. The van der Waals surface area contributed by atoms with E-state index in [0.29, 0.717) is 5.54 Å². The molecule has 0 aliphatic rings. The van der Waals surface area contributed by atoms with Gasteiger partial charge in [-0.25, -0.2) is 0 Å². The van der Waals surface area contributed by atoms with Crippen LogP contribution in [0.1, 0.15) is 20.8 Å². The molecule has 0 N–H and O–H groups in total. The van der Waals surface area contributed by atoms with Gasteiger partial charge in [-0.05, 0) is 57.4 Å². The van der Waals surface area contributed by atoms with E-state index in [1.165, 1.54) is 0 Å². The molecule has 4 nitrogen and oxygen atoms in total. The predicted molar refractivity (Wildman–Crippen MR) is 122 cm³/mol. The van der Waals surface area contributed by atoms with Crippen LogP contribution in [0.3, 0.4) is 0 Å². The molecule has 0 rings (SSSR count). The van der Waals surface area contributed by atoms with Crippen molar-refractivity contribution in [1.82, 2.24) is 0 Å². The highest BCUT2D eigenvalue weighted by atomic mass is 28.5. The van der Waals surface area contributed by atoms with Crippen molar-refractivity contribution in [3.63, 3.8) is 0 Å². The maximum absolute atomic E-state index is 12.0. The molecule has 0 saturated carbocycles. The molecule has 2 atom stereocenters. The SMILES string of the molecule is CC[Si](C)(O[Si](C)(C)C)O[Si](C)(C)O[SiH](C)C(C)C.FC(F)(F)COC(F)(F)C(F)(F)C(F)(F)F. The summed E-state index contributed by atoms with van der Waals surface area (Å²) in [6.07, 6.45) is -18.5.